The molecule has 0 N–H and O–H groups in total. The van der Waals surface area contributed by atoms with Gasteiger partial charge in [-0.25, -0.2) is 18.7 Å². The molecular formula is C27H26F2N4O. The van der Waals surface area contributed by atoms with Gasteiger partial charge >= 0.3 is 0 Å². The highest BCUT2D eigenvalue weighted by molar-refractivity contribution is 5.93. The average molecular weight is 461 g/mol. The summed E-state index contributed by atoms with van der Waals surface area (Å²) in [6.45, 7) is 4.54. The predicted octanol–water partition coefficient (Wildman–Crippen LogP) is 6.36. The normalized spacial score (nSPS) is 20.7. The Balaban J connectivity index is 1.41. The number of ether oxygens (including phenoxy) is 1. The minimum Gasteiger partial charge on any atom is -0.373 e. The summed E-state index contributed by atoms with van der Waals surface area (Å²) in [5, 5.41) is 5.29. The number of hydrogen-bond acceptors (Lipinski definition) is 4. The van der Waals surface area contributed by atoms with Gasteiger partial charge in [0.15, 0.2) is 5.65 Å². The number of rotatable bonds is 4. The maximum absolute atomic E-state index is 14.9. The Hall–Kier alpha value is -3.19. The van der Waals surface area contributed by atoms with E-state index >= 15 is 0 Å². The molecule has 0 spiro atoms. The fraction of sp³-hybridized carbons (Fsp3) is 0.370. The first-order chi connectivity index (χ1) is 16.5. The maximum Gasteiger partial charge on any atom is 0.160 e. The van der Waals surface area contributed by atoms with Crippen LogP contribution in [0, 0.1) is 25.5 Å². The SMILES string of the molecule is Cc1cc2c(-c3ccc(F)cc3F)cc([C@H]3CCO[C@H](c4cnn(C5CC5)c4)C3)nc2nc1C. The van der Waals surface area contributed by atoms with E-state index in [1.54, 1.807) is 0 Å². The Bertz CT molecular complexity index is 1400. The summed E-state index contributed by atoms with van der Waals surface area (Å²) in [7, 11) is 0. The lowest BCUT2D eigenvalue weighted by molar-refractivity contribution is 0.00464. The quantitative estimate of drug-likeness (QED) is 0.356. The van der Waals surface area contributed by atoms with Crippen molar-refractivity contribution in [1.29, 1.82) is 0 Å². The van der Waals surface area contributed by atoms with Crippen molar-refractivity contribution in [3.05, 3.63) is 76.9 Å². The molecule has 0 unspecified atom stereocenters. The predicted molar refractivity (Wildman–Crippen MR) is 126 cm³/mol. The van der Waals surface area contributed by atoms with Crippen LogP contribution in [-0.4, -0.2) is 26.4 Å². The van der Waals surface area contributed by atoms with Crippen LogP contribution in [0.15, 0.2) is 42.7 Å². The van der Waals surface area contributed by atoms with Gasteiger partial charge in [-0.05, 0) is 74.9 Å². The second kappa shape index (κ2) is 8.24. The van der Waals surface area contributed by atoms with Crippen molar-refractivity contribution in [3.8, 4) is 11.1 Å². The number of fused-ring (bicyclic) bond motifs is 1. The molecule has 2 atom stereocenters. The van der Waals surface area contributed by atoms with E-state index in [0.29, 0.717) is 29.4 Å². The minimum atomic E-state index is -0.594. The van der Waals surface area contributed by atoms with Gasteiger partial charge in [0, 0.05) is 52.7 Å². The standard InChI is InChI=1S/C27H26F2N4O/c1-15-9-23-22(21-6-3-19(28)11-24(21)29)12-25(32-27(23)31-16(15)2)17-7-8-34-26(10-17)18-13-30-33(14-18)20-4-5-20/h3,6,9,11-14,17,20,26H,4-5,7-8,10H2,1-2H3/t17-,26-/m0/s1. The summed E-state index contributed by atoms with van der Waals surface area (Å²) >= 11 is 0. The van der Waals surface area contributed by atoms with Gasteiger partial charge in [0.25, 0.3) is 0 Å². The third-order valence-corrected chi connectivity index (χ3v) is 7.10. The summed E-state index contributed by atoms with van der Waals surface area (Å²) in [6.07, 6.45) is 7.92. The fourth-order valence-electron chi connectivity index (χ4n) is 4.85. The maximum atomic E-state index is 14.9. The number of pyridine rings is 2. The number of benzene rings is 1. The van der Waals surface area contributed by atoms with E-state index < -0.39 is 11.6 Å². The first-order valence-corrected chi connectivity index (χ1v) is 11.9. The van der Waals surface area contributed by atoms with Gasteiger partial charge in [-0.3, -0.25) is 4.68 Å². The molecule has 0 radical (unpaired) electrons. The van der Waals surface area contributed by atoms with E-state index in [1.165, 1.54) is 25.0 Å². The van der Waals surface area contributed by atoms with Crippen LogP contribution < -0.4 is 0 Å². The van der Waals surface area contributed by atoms with Crippen LogP contribution >= 0.6 is 0 Å². The smallest absolute Gasteiger partial charge is 0.160 e. The molecule has 6 rings (SSSR count). The Morgan fingerprint density at radius 1 is 1.00 bits per heavy atom. The van der Waals surface area contributed by atoms with Crippen LogP contribution in [0.5, 0.6) is 0 Å². The summed E-state index contributed by atoms with van der Waals surface area (Å²) in [6, 6.07) is 8.19. The molecule has 174 valence electrons. The molecular weight excluding hydrogens is 434 g/mol. The van der Waals surface area contributed by atoms with Crippen LogP contribution in [0.25, 0.3) is 22.2 Å². The van der Waals surface area contributed by atoms with E-state index in [9.17, 15) is 8.78 Å². The Morgan fingerprint density at radius 3 is 2.65 bits per heavy atom. The average Bonchev–Trinajstić information content (AvgIpc) is 3.56. The van der Waals surface area contributed by atoms with Crippen molar-refractivity contribution < 1.29 is 13.5 Å². The zero-order valence-electron chi connectivity index (χ0n) is 19.3. The van der Waals surface area contributed by atoms with Gasteiger partial charge in [0.2, 0.25) is 0 Å². The molecule has 1 saturated heterocycles. The lowest BCUT2D eigenvalue weighted by Gasteiger charge is -2.29. The molecule has 4 heterocycles. The minimum absolute atomic E-state index is 0.0533. The fourth-order valence-corrected chi connectivity index (χ4v) is 4.85. The highest BCUT2D eigenvalue weighted by Gasteiger charge is 2.30. The molecule has 1 aliphatic carbocycles. The van der Waals surface area contributed by atoms with Crippen molar-refractivity contribution in [2.45, 2.75) is 57.6 Å². The third-order valence-electron chi connectivity index (χ3n) is 7.10. The van der Waals surface area contributed by atoms with E-state index in [4.69, 9.17) is 14.7 Å². The lowest BCUT2D eigenvalue weighted by Crippen LogP contribution is -2.19. The summed E-state index contributed by atoms with van der Waals surface area (Å²) in [5.74, 6) is -1.05. The Morgan fingerprint density at radius 2 is 1.85 bits per heavy atom. The van der Waals surface area contributed by atoms with Gasteiger partial charge < -0.3 is 4.74 Å². The van der Waals surface area contributed by atoms with Crippen LogP contribution in [0.1, 0.15) is 66.3 Å². The Labute approximate surface area is 196 Å². The molecule has 0 amide bonds. The molecule has 7 heteroatoms. The largest absolute Gasteiger partial charge is 0.373 e. The molecule has 1 saturated carbocycles. The number of halogens is 2. The topological polar surface area (TPSA) is 52.8 Å². The third kappa shape index (κ3) is 3.88. The number of hydrogen-bond donors (Lipinski definition) is 0. The molecule has 34 heavy (non-hydrogen) atoms. The number of aryl methyl sites for hydroxylation is 2. The summed E-state index contributed by atoms with van der Waals surface area (Å²) in [4.78, 5) is 9.64. The second-order valence-electron chi connectivity index (χ2n) is 9.55. The van der Waals surface area contributed by atoms with Gasteiger partial charge in [0.05, 0.1) is 18.3 Å². The first kappa shape index (κ1) is 21.4. The van der Waals surface area contributed by atoms with Crippen LogP contribution in [0.4, 0.5) is 8.78 Å². The molecule has 2 fully saturated rings. The molecule has 2 aliphatic rings. The number of aromatic nitrogens is 4. The van der Waals surface area contributed by atoms with Gasteiger partial charge in [-0.1, -0.05) is 0 Å². The van der Waals surface area contributed by atoms with E-state index in [2.05, 4.69) is 11.3 Å². The van der Waals surface area contributed by atoms with Crippen LogP contribution in [0.2, 0.25) is 0 Å². The van der Waals surface area contributed by atoms with Gasteiger partial charge in [0.1, 0.15) is 11.6 Å². The van der Waals surface area contributed by atoms with Crippen LogP contribution in [0.3, 0.4) is 0 Å². The molecule has 4 aromatic rings. The van der Waals surface area contributed by atoms with Crippen molar-refractivity contribution in [1.82, 2.24) is 19.7 Å². The van der Waals surface area contributed by atoms with Gasteiger partial charge in [-0.15, -0.1) is 0 Å². The van der Waals surface area contributed by atoms with E-state index in [0.717, 1.165) is 46.8 Å². The molecule has 3 aromatic heterocycles. The van der Waals surface area contributed by atoms with Crippen LogP contribution in [-0.2, 0) is 4.74 Å². The van der Waals surface area contributed by atoms with E-state index in [1.807, 2.05) is 36.9 Å². The van der Waals surface area contributed by atoms with Crippen molar-refractivity contribution >= 4 is 11.0 Å². The zero-order chi connectivity index (χ0) is 23.4. The Kier molecular flexibility index (Phi) is 5.17. The van der Waals surface area contributed by atoms with Crippen molar-refractivity contribution in [2.75, 3.05) is 6.61 Å². The molecule has 1 aromatic carbocycles. The summed E-state index contributed by atoms with van der Waals surface area (Å²) < 4.78 is 36.6. The molecule has 1 aliphatic heterocycles. The highest BCUT2D eigenvalue weighted by atomic mass is 19.1. The monoisotopic (exact) mass is 460 g/mol. The van der Waals surface area contributed by atoms with E-state index in [-0.39, 0.29) is 12.0 Å². The first-order valence-electron chi connectivity index (χ1n) is 11.9. The number of nitrogens with zero attached hydrogens (tertiary/aromatic N) is 4. The molecule has 5 nitrogen and oxygen atoms in total. The van der Waals surface area contributed by atoms with Crippen molar-refractivity contribution in [2.24, 2.45) is 0 Å². The zero-order valence-corrected chi connectivity index (χ0v) is 19.3. The lowest BCUT2D eigenvalue weighted by atomic mass is 9.88. The highest BCUT2D eigenvalue weighted by Crippen LogP contribution is 2.41. The molecule has 0 bridgehead atoms. The van der Waals surface area contributed by atoms with Crippen molar-refractivity contribution in [3.63, 3.8) is 0 Å². The van der Waals surface area contributed by atoms with Gasteiger partial charge in [-0.2, -0.15) is 5.10 Å². The second-order valence-corrected chi connectivity index (χ2v) is 9.55. The summed E-state index contributed by atoms with van der Waals surface area (Å²) in [5.41, 5.74) is 5.48.